The summed E-state index contributed by atoms with van der Waals surface area (Å²) in [5.74, 6) is 1.32. The number of benzene rings is 2. The van der Waals surface area contributed by atoms with Crippen LogP contribution in [0.2, 0.25) is 0 Å². The molecule has 0 aliphatic carbocycles. The topological polar surface area (TPSA) is 62.9 Å². The fourth-order valence-corrected chi connectivity index (χ4v) is 3.42. The highest BCUT2D eigenvalue weighted by molar-refractivity contribution is 6.06. The maximum Gasteiger partial charge on any atom is 0.129 e. The summed E-state index contributed by atoms with van der Waals surface area (Å²) in [4.78, 5) is 4.07. The van der Waals surface area contributed by atoms with Gasteiger partial charge in [-0.05, 0) is 43.5 Å². The number of hydrogen-bond acceptors (Lipinski definition) is 3. The van der Waals surface area contributed by atoms with Crippen LogP contribution in [0.1, 0.15) is 49.7 Å². The third kappa shape index (κ3) is 7.07. The van der Waals surface area contributed by atoms with Crippen LogP contribution in [-0.2, 0) is 6.54 Å². The number of aryl methyl sites for hydroxylation is 2. The fourth-order valence-electron chi connectivity index (χ4n) is 3.42. The van der Waals surface area contributed by atoms with E-state index in [0.717, 1.165) is 42.1 Å². The van der Waals surface area contributed by atoms with Crippen molar-refractivity contribution in [1.29, 1.82) is 5.41 Å². The Morgan fingerprint density at radius 3 is 2.50 bits per heavy atom. The van der Waals surface area contributed by atoms with Gasteiger partial charge in [-0.2, -0.15) is 0 Å². The van der Waals surface area contributed by atoms with Gasteiger partial charge in [-0.15, -0.1) is 0 Å². The zero-order chi connectivity index (χ0) is 21.0. The molecule has 0 fully saturated rings. The molecule has 1 heterocycles. The van der Waals surface area contributed by atoms with Gasteiger partial charge in [0.2, 0.25) is 0 Å². The Morgan fingerprint density at radius 1 is 1.00 bits per heavy atom. The van der Waals surface area contributed by atoms with Crippen LogP contribution in [0.4, 0.5) is 5.69 Å². The van der Waals surface area contributed by atoms with E-state index in [1.165, 1.54) is 32.1 Å². The molecule has 1 aromatic heterocycles. The van der Waals surface area contributed by atoms with Crippen LogP contribution >= 0.6 is 0 Å². The monoisotopic (exact) mass is 404 g/mol. The van der Waals surface area contributed by atoms with E-state index < -0.39 is 0 Å². The van der Waals surface area contributed by atoms with E-state index in [9.17, 15) is 0 Å². The van der Waals surface area contributed by atoms with Gasteiger partial charge in [0.1, 0.15) is 11.6 Å². The van der Waals surface area contributed by atoms with Crippen molar-refractivity contribution >= 4 is 11.5 Å². The Bertz CT molecular complexity index is 891. The van der Waals surface area contributed by atoms with E-state index in [1.807, 2.05) is 74.2 Å². The summed E-state index contributed by atoms with van der Waals surface area (Å²) >= 11 is 0. The molecule has 2 N–H and O–H groups in total. The van der Waals surface area contributed by atoms with Crippen LogP contribution in [0.15, 0.2) is 67.3 Å². The summed E-state index contributed by atoms with van der Waals surface area (Å²) < 4.78 is 8.11. The van der Waals surface area contributed by atoms with E-state index in [1.54, 1.807) is 0 Å². The quantitative estimate of drug-likeness (QED) is 0.219. The van der Waals surface area contributed by atoms with Gasteiger partial charge in [0.15, 0.2) is 0 Å². The van der Waals surface area contributed by atoms with E-state index in [0.29, 0.717) is 5.84 Å². The van der Waals surface area contributed by atoms with Crippen molar-refractivity contribution in [3.63, 3.8) is 0 Å². The molecule has 0 saturated carbocycles. The Morgan fingerprint density at radius 2 is 1.77 bits per heavy atom. The maximum atomic E-state index is 8.20. The van der Waals surface area contributed by atoms with Crippen LogP contribution in [0.25, 0.3) is 0 Å². The first-order valence-electron chi connectivity index (χ1n) is 10.8. The molecule has 5 heteroatoms. The molecule has 3 aromatic rings. The molecule has 0 bridgehead atoms. The molecular formula is C25H32N4O. The van der Waals surface area contributed by atoms with Gasteiger partial charge in [-0.25, -0.2) is 4.98 Å². The van der Waals surface area contributed by atoms with Crippen molar-refractivity contribution < 1.29 is 4.74 Å². The Kier molecular flexibility index (Phi) is 8.51. The number of unbranched alkanes of at least 4 members (excludes halogenated alkanes) is 5. The summed E-state index contributed by atoms with van der Waals surface area (Å²) in [6.07, 6.45) is 13.1. The van der Waals surface area contributed by atoms with Gasteiger partial charge in [0.25, 0.3) is 0 Å². The summed E-state index contributed by atoms with van der Waals surface area (Å²) in [5, 5.41) is 11.4. The van der Waals surface area contributed by atoms with Gasteiger partial charge >= 0.3 is 0 Å². The van der Waals surface area contributed by atoms with Crippen LogP contribution in [0.3, 0.4) is 0 Å². The number of amidine groups is 1. The molecule has 158 valence electrons. The minimum absolute atomic E-state index is 0.397. The highest BCUT2D eigenvalue weighted by Gasteiger charge is 2.05. The third-order valence-electron chi connectivity index (χ3n) is 5.13. The lowest BCUT2D eigenvalue weighted by atomic mass is 10.1. The van der Waals surface area contributed by atoms with Crippen molar-refractivity contribution in [3.05, 3.63) is 78.4 Å². The SMILES string of the molecule is Cc1cc(NC(=N)c2ccccc2)ccc1OCCCCCCCCn1ccnc1. The molecule has 0 unspecified atom stereocenters. The lowest BCUT2D eigenvalue weighted by molar-refractivity contribution is 0.302. The maximum absolute atomic E-state index is 8.20. The zero-order valence-corrected chi connectivity index (χ0v) is 17.8. The highest BCUT2D eigenvalue weighted by Crippen LogP contribution is 2.23. The Balaban J connectivity index is 1.29. The normalized spacial score (nSPS) is 10.7. The highest BCUT2D eigenvalue weighted by atomic mass is 16.5. The third-order valence-corrected chi connectivity index (χ3v) is 5.13. The Labute approximate surface area is 179 Å². The largest absolute Gasteiger partial charge is 0.493 e. The fraction of sp³-hybridized carbons (Fsp3) is 0.360. The second-order valence-electron chi connectivity index (χ2n) is 7.62. The molecule has 3 rings (SSSR count). The molecule has 2 aromatic carbocycles. The molecule has 0 aliphatic heterocycles. The van der Waals surface area contributed by atoms with Crippen LogP contribution in [0, 0.1) is 12.3 Å². The number of nitrogens with one attached hydrogen (secondary N) is 2. The predicted molar refractivity (Wildman–Crippen MR) is 123 cm³/mol. The van der Waals surface area contributed by atoms with Crippen molar-refractivity contribution in [1.82, 2.24) is 9.55 Å². The van der Waals surface area contributed by atoms with Gasteiger partial charge < -0.3 is 14.6 Å². The molecule has 0 radical (unpaired) electrons. The average molecular weight is 405 g/mol. The van der Waals surface area contributed by atoms with Gasteiger partial charge in [-0.1, -0.05) is 56.0 Å². The first-order chi connectivity index (χ1) is 14.7. The summed E-state index contributed by atoms with van der Waals surface area (Å²) in [7, 11) is 0. The van der Waals surface area contributed by atoms with Gasteiger partial charge in [0, 0.05) is 30.2 Å². The molecular weight excluding hydrogens is 372 g/mol. The standard InChI is InChI=1S/C25H32N4O/c1-21-19-23(28-25(26)22-11-7-6-8-12-22)13-14-24(21)30-18-10-5-3-2-4-9-16-29-17-15-27-20-29/h6-8,11-15,17,19-20H,2-5,9-10,16,18H2,1H3,(H2,26,28). The number of ether oxygens (including phenoxy) is 1. The van der Waals surface area contributed by atoms with Crippen molar-refractivity contribution in [2.75, 3.05) is 11.9 Å². The smallest absolute Gasteiger partial charge is 0.129 e. The zero-order valence-electron chi connectivity index (χ0n) is 17.8. The first kappa shape index (κ1) is 21.6. The van der Waals surface area contributed by atoms with Crippen LogP contribution in [-0.4, -0.2) is 22.0 Å². The van der Waals surface area contributed by atoms with E-state index >= 15 is 0 Å². The van der Waals surface area contributed by atoms with E-state index in [4.69, 9.17) is 10.1 Å². The second kappa shape index (κ2) is 11.8. The molecule has 0 spiro atoms. The predicted octanol–water partition coefficient (Wildman–Crippen LogP) is 6.05. The number of imidazole rings is 1. The van der Waals surface area contributed by atoms with E-state index in [-0.39, 0.29) is 0 Å². The molecule has 0 amide bonds. The van der Waals surface area contributed by atoms with Gasteiger partial charge in [-0.3, -0.25) is 5.41 Å². The van der Waals surface area contributed by atoms with Gasteiger partial charge in [0.05, 0.1) is 12.9 Å². The number of aromatic nitrogens is 2. The summed E-state index contributed by atoms with van der Waals surface area (Å²) in [6, 6.07) is 15.7. The molecule has 0 aliphatic rings. The average Bonchev–Trinajstić information content (AvgIpc) is 3.28. The van der Waals surface area contributed by atoms with Crippen molar-refractivity contribution in [2.24, 2.45) is 0 Å². The minimum Gasteiger partial charge on any atom is -0.493 e. The minimum atomic E-state index is 0.397. The number of hydrogen-bond donors (Lipinski definition) is 2. The lowest BCUT2D eigenvalue weighted by Gasteiger charge is -2.13. The number of rotatable bonds is 12. The summed E-state index contributed by atoms with van der Waals surface area (Å²) in [6.45, 7) is 3.87. The van der Waals surface area contributed by atoms with Crippen LogP contribution < -0.4 is 10.1 Å². The molecule has 30 heavy (non-hydrogen) atoms. The lowest BCUT2D eigenvalue weighted by Crippen LogP contribution is -2.11. The molecule has 0 atom stereocenters. The first-order valence-corrected chi connectivity index (χ1v) is 10.8. The van der Waals surface area contributed by atoms with E-state index in [2.05, 4.69) is 14.9 Å². The summed E-state index contributed by atoms with van der Waals surface area (Å²) in [5.41, 5.74) is 2.86. The van der Waals surface area contributed by atoms with Crippen molar-refractivity contribution in [3.8, 4) is 5.75 Å². The molecule has 0 saturated heterocycles. The van der Waals surface area contributed by atoms with Crippen molar-refractivity contribution in [2.45, 2.75) is 52.0 Å². The van der Waals surface area contributed by atoms with Crippen LogP contribution in [0.5, 0.6) is 5.75 Å². The second-order valence-corrected chi connectivity index (χ2v) is 7.62. The number of anilines is 1. The Hall–Kier alpha value is -3.08. The number of nitrogens with zero attached hydrogens (tertiary/aromatic N) is 2. The molecule has 5 nitrogen and oxygen atoms in total.